The number of rotatable bonds is 5. The van der Waals surface area contributed by atoms with E-state index in [2.05, 4.69) is 10.3 Å². The lowest BCUT2D eigenvalue weighted by molar-refractivity contribution is -0.128. The Balaban J connectivity index is 1.59. The maximum Gasteiger partial charge on any atom is 0.494 e. The van der Waals surface area contributed by atoms with Crippen molar-refractivity contribution in [2.45, 2.75) is 64.7 Å². The molecule has 0 bridgehead atoms. The van der Waals surface area contributed by atoms with Gasteiger partial charge in [0.25, 0.3) is 0 Å². The van der Waals surface area contributed by atoms with Crippen molar-refractivity contribution in [2.24, 2.45) is 10.7 Å². The molecule has 3 heterocycles. The molecule has 1 amide bonds. The Kier molecular flexibility index (Phi) is 6.77. The van der Waals surface area contributed by atoms with Gasteiger partial charge in [-0.1, -0.05) is 6.07 Å². The van der Waals surface area contributed by atoms with Crippen LogP contribution in [0.1, 0.15) is 47.5 Å². The standard InChI is InChI=1S/C24H34BFN4O4/c1-15(31)30-10-8-20(28-17-9-11-32-14-17)18(13-30)22(27)29-21-7-6-16(12-19(21)26)25-33-23(2,3)24(4,5)34-25/h6-7,12,17,28H,8-11,13-14H2,1-5H3,(H2,27,29). The van der Waals surface area contributed by atoms with Crippen LogP contribution in [-0.4, -0.2) is 67.3 Å². The number of aliphatic imine (C=N–C) groups is 1. The van der Waals surface area contributed by atoms with E-state index in [1.807, 2.05) is 27.7 Å². The minimum atomic E-state index is -0.663. The zero-order valence-corrected chi connectivity index (χ0v) is 20.6. The molecule has 1 aromatic rings. The minimum Gasteiger partial charge on any atom is -0.399 e. The average Bonchev–Trinajstić information content (AvgIpc) is 3.34. The first-order chi connectivity index (χ1) is 16.0. The van der Waals surface area contributed by atoms with Crippen LogP contribution in [0.15, 0.2) is 34.5 Å². The van der Waals surface area contributed by atoms with Crippen LogP contribution in [-0.2, 0) is 18.8 Å². The summed E-state index contributed by atoms with van der Waals surface area (Å²) in [4.78, 5) is 18.1. The SMILES string of the molecule is CC(=O)N1CCC(NC2CCOC2)=C(C(N)=Nc2ccc(B3OC(C)(C)C(C)(C)O3)cc2F)C1. The molecule has 0 radical (unpaired) electrons. The number of amides is 1. The highest BCUT2D eigenvalue weighted by Gasteiger charge is 2.51. The Morgan fingerprint density at radius 1 is 1.26 bits per heavy atom. The number of ether oxygens (including phenoxy) is 1. The largest absolute Gasteiger partial charge is 0.494 e. The fourth-order valence-electron chi connectivity index (χ4n) is 4.26. The first-order valence-electron chi connectivity index (χ1n) is 11.8. The van der Waals surface area contributed by atoms with Crippen LogP contribution in [0.3, 0.4) is 0 Å². The number of nitrogens with two attached hydrogens (primary N) is 1. The summed E-state index contributed by atoms with van der Waals surface area (Å²) in [5, 5.41) is 3.50. The number of carbonyl (C=O) groups excluding carboxylic acids is 1. The molecule has 10 heteroatoms. The fourth-order valence-corrected chi connectivity index (χ4v) is 4.26. The van der Waals surface area contributed by atoms with E-state index in [9.17, 15) is 4.79 Å². The van der Waals surface area contributed by atoms with Crippen molar-refractivity contribution in [3.05, 3.63) is 35.3 Å². The number of nitrogens with zero attached hydrogens (tertiary/aromatic N) is 2. The minimum absolute atomic E-state index is 0.0357. The number of carbonyl (C=O) groups is 1. The van der Waals surface area contributed by atoms with Crippen molar-refractivity contribution < 1.29 is 23.2 Å². The van der Waals surface area contributed by atoms with Crippen LogP contribution >= 0.6 is 0 Å². The summed E-state index contributed by atoms with van der Waals surface area (Å²) in [7, 11) is -0.663. The molecule has 3 aliphatic rings. The molecular weight excluding hydrogens is 438 g/mol. The molecule has 1 unspecified atom stereocenters. The van der Waals surface area contributed by atoms with Gasteiger partial charge in [-0.3, -0.25) is 4.79 Å². The first kappa shape index (κ1) is 24.7. The van der Waals surface area contributed by atoms with Gasteiger partial charge in [0, 0.05) is 37.8 Å². The summed E-state index contributed by atoms with van der Waals surface area (Å²) in [6.45, 7) is 11.6. The Morgan fingerprint density at radius 3 is 2.56 bits per heavy atom. The van der Waals surface area contributed by atoms with Crippen molar-refractivity contribution in [1.82, 2.24) is 10.2 Å². The average molecular weight is 472 g/mol. The van der Waals surface area contributed by atoms with Gasteiger partial charge in [-0.25, -0.2) is 9.38 Å². The second-order valence-corrected chi connectivity index (χ2v) is 10.1. The van der Waals surface area contributed by atoms with Gasteiger partial charge in [0.05, 0.1) is 30.4 Å². The third-order valence-corrected chi connectivity index (χ3v) is 7.15. The molecule has 3 aliphatic heterocycles. The Labute approximate surface area is 200 Å². The van der Waals surface area contributed by atoms with Crippen LogP contribution in [0, 0.1) is 5.82 Å². The van der Waals surface area contributed by atoms with Gasteiger partial charge in [-0.05, 0) is 51.7 Å². The molecule has 0 saturated carbocycles. The number of amidine groups is 1. The molecule has 2 fully saturated rings. The van der Waals surface area contributed by atoms with Gasteiger partial charge in [-0.2, -0.15) is 0 Å². The summed E-state index contributed by atoms with van der Waals surface area (Å²) in [5.74, 6) is -0.366. The van der Waals surface area contributed by atoms with Crippen molar-refractivity contribution in [2.75, 3.05) is 26.3 Å². The van der Waals surface area contributed by atoms with Crippen molar-refractivity contribution in [3.63, 3.8) is 0 Å². The van der Waals surface area contributed by atoms with E-state index < -0.39 is 24.1 Å². The maximum absolute atomic E-state index is 15.1. The van der Waals surface area contributed by atoms with Gasteiger partial charge in [0.2, 0.25) is 5.91 Å². The van der Waals surface area contributed by atoms with Crippen LogP contribution in [0.2, 0.25) is 0 Å². The van der Waals surface area contributed by atoms with Crippen molar-refractivity contribution >= 4 is 30.0 Å². The van der Waals surface area contributed by atoms with Crippen LogP contribution < -0.4 is 16.5 Å². The van der Waals surface area contributed by atoms with Gasteiger partial charge < -0.3 is 30.0 Å². The molecule has 3 N–H and O–H groups in total. The Hall–Kier alpha value is -2.43. The molecule has 8 nitrogen and oxygen atoms in total. The van der Waals surface area contributed by atoms with Crippen LogP contribution in [0.5, 0.6) is 0 Å². The lowest BCUT2D eigenvalue weighted by Crippen LogP contribution is -2.43. The number of benzene rings is 1. The third kappa shape index (κ3) is 4.99. The van der Waals surface area contributed by atoms with Gasteiger partial charge in [-0.15, -0.1) is 0 Å². The molecule has 34 heavy (non-hydrogen) atoms. The van der Waals surface area contributed by atoms with E-state index in [0.717, 1.165) is 12.1 Å². The van der Waals surface area contributed by atoms with E-state index in [0.29, 0.717) is 43.8 Å². The lowest BCUT2D eigenvalue weighted by atomic mass is 9.79. The second-order valence-electron chi connectivity index (χ2n) is 10.1. The highest BCUT2D eigenvalue weighted by atomic mass is 19.1. The van der Waals surface area contributed by atoms with E-state index in [4.69, 9.17) is 19.8 Å². The van der Waals surface area contributed by atoms with Crippen LogP contribution in [0.4, 0.5) is 10.1 Å². The van der Waals surface area contributed by atoms with E-state index in [1.165, 1.54) is 13.0 Å². The molecule has 0 aliphatic carbocycles. The van der Waals surface area contributed by atoms with Crippen LogP contribution in [0.25, 0.3) is 0 Å². The number of halogens is 1. The predicted molar refractivity (Wildman–Crippen MR) is 130 cm³/mol. The molecule has 0 spiro atoms. The number of hydrogen-bond donors (Lipinski definition) is 2. The molecule has 2 saturated heterocycles. The molecule has 1 aromatic carbocycles. The number of hydrogen-bond acceptors (Lipinski definition) is 6. The zero-order valence-electron chi connectivity index (χ0n) is 20.6. The molecule has 0 aromatic heterocycles. The maximum atomic E-state index is 15.1. The molecule has 184 valence electrons. The van der Waals surface area contributed by atoms with E-state index in [-0.39, 0.29) is 23.5 Å². The monoisotopic (exact) mass is 472 g/mol. The van der Waals surface area contributed by atoms with E-state index >= 15 is 4.39 Å². The van der Waals surface area contributed by atoms with Gasteiger partial charge in [0.1, 0.15) is 17.3 Å². The van der Waals surface area contributed by atoms with Gasteiger partial charge in [0.15, 0.2) is 0 Å². The second kappa shape index (κ2) is 9.32. The van der Waals surface area contributed by atoms with Gasteiger partial charge >= 0.3 is 7.12 Å². The van der Waals surface area contributed by atoms with E-state index in [1.54, 1.807) is 17.0 Å². The zero-order chi connectivity index (χ0) is 24.7. The topological polar surface area (TPSA) is 98.4 Å². The molecule has 4 rings (SSSR count). The summed E-state index contributed by atoms with van der Waals surface area (Å²) in [6, 6.07) is 4.88. The molecular formula is C24H34BFN4O4. The highest BCUT2D eigenvalue weighted by Crippen LogP contribution is 2.36. The van der Waals surface area contributed by atoms with Crippen molar-refractivity contribution in [3.8, 4) is 0 Å². The highest BCUT2D eigenvalue weighted by molar-refractivity contribution is 6.62. The molecule has 1 atom stereocenters. The normalized spacial score (nSPS) is 24.6. The predicted octanol–water partition coefficient (Wildman–Crippen LogP) is 2.00. The summed E-state index contributed by atoms with van der Waals surface area (Å²) >= 11 is 0. The summed E-state index contributed by atoms with van der Waals surface area (Å²) < 4.78 is 32.6. The quantitative estimate of drug-likeness (QED) is 0.387. The third-order valence-electron chi connectivity index (χ3n) is 7.15. The smallest absolute Gasteiger partial charge is 0.399 e. The summed E-state index contributed by atoms with van der Waals surface area (Å²) in [6.07, 6.45) is 1.53. The fraction of sp³-hybridized carbons (Fsp3) is 0.583. The number of nitrogens with one attached hydrogen (secondary N) is 1. The van der Waals surface area contributed by atoms with Crippen molar-refractivity contribution in [1.29, 1.82) is 0 Å². The lowest BCUT2D eigenvalue weighted by Gasteiger charge is -2.32. The summed E-state index contributed by atoms with van der Waals surface area (Å²) in [5.41, 5.74) is 7.69. The Bertz CT molecular complexity index is 1000. The first-order valence-corrected chi connectivity index (χ1v) is 11.8. The Morgan fingerprint density at radius 2 is 1.97 bits per heavy atom.